The van der Waals surface area contributed by atoms with Crippen LogP contribution < -0.4 is 9.47 Å². The third-order valence-corrected chi connectivity index (χ3v) is 4.49. The van der Waals surface area contributed by atoms with Crippen molar-refractivity contribution >= 4 is 18.0 Å². The predicted octanol–water partition coefficient (Wildman–Crippen LogP) is 2.97. The van der Waals surface area contributed by atoms with Crippen LogP contribution in [0.3, 0.4) is 0 Å². The average molecular weight is 401 g/mol. The number of hydrogen-bond donors (Lipinski definition) is 0. The maximum absolute atomic E-state index is 13.0. The van der Waals surface area contributed by atoms with E-state index in [2.05, 4.69) is 6.58 Å². The molecule has 7 nitrogen and oxygen atoms in total. The fourth-order valence-electron chi connectivity index (χ4n) is 3.07. The monoisotopic (exact) mass is 401 g/mol. The number of esters is 1. The van der Waals surface area contributed by atoms with Gasteiger partial charge in [-0.15, -0.1) is 0 Å². The molecular weight excluding hydrogens is 374 g/mol. The van der Waals surface area contributed by atoms with Crippen molar-refractivity contribution in [3.05, 3.63) is 53.3 Å². The second-order valence-corrected chi connectivity index (χ2v) is 6.32. The van der Waals surface area contributed by atoms with Crippen molar-refractivity contribution in [2.45, 2.75) is 13.3 Å². The van der Waals surface area contributed by atoms with Crippen LogP contribution in [0.15, 0.2) is 47.7 Å². The van der Waals surface area contributed by atoms with Gasteiger partial charge in [0.05, 0.1) is 25.4 Å². The summed E-state index contributed by atoms with van der Waals surface area (Å²) in [5, 5.41) is 0. The highest BCUT2D eigenvalue weighted by atomic mass is 16.5. The largest absolute Gasteiger partial charge is 0.493 e. The number of ether oxygens (including phenoxy) is 4. The van der Waals surface area contributed by atoms with Crippen LogP contribution >= 0.6 is 0 Å². The lowest BCUT2D eigenvalue weighted by atomic mass is 10.0. The number of methoxy groups -OCH3 is 3. The molecular formula is C22H27NO6. The van der Waals surface area contributed by atoms with Crippen LogP contribution in [0.4, 0.5) is 0 Å². The van der Waals surface area contributed by atoms with Crippen molar-refractivity contribution in [3.8, 4) is 11.5 Å². The fourth-order valence-corrected chi connectivity index (χ4v) is 3.07. The maximum Gasteiger partial charge on any atom is 0.340 e. The Balaban J connectivity index is 2.42. The van der Waals surface area contributed by atoms with Gasteiger partial charge in [0.1, 0.15) is 6.61 Å². The number of carbonyl (C=O) groups is 2. The van der Waals surface area contributed by atoms with E-state index in [1.807, 2.05) is 0 Å². The molecule has 0 fully saturated rings. The van der Waals surface area contributed by atoms with Crippen molar-refractivity contribution in [2.24, 2.45) is 0 Å². The predicted molar refractivity (Wildman–Crippen MR) is 110 cm³/mol. The Bertz CT molecular complexity index is 840. The highest BCUT2D eigenvalue weighted by Crippen LogP contribution is 2.34. The van der Waals surface area contributed by atoms with Gasteiger partial charge in [-0.3, -0.25) is 4.79 Å². The molecule has 0 N–H and O–H groups in total. The number of hydrogen-bond acceptors (Lipinski definition) is 6. The van der Waals surface area contributed by atoms with Crippen molar-refractivity contribution in [1.29, 1.82) is 0 Å². The number of allylic oxidation sites excluding steroid dienone is 1. The Morgan fingerprint density at radius 1 is 1.21 bits per heavy atom. The third kappa shape index (κ3) is 5.06. The molecule has 0 bridgehead atoms. The van der Waals surface area contributed by atoms with Crippen LogP contribution in [0.2, 0.25) is 0 Å². The Hall–Kier alpha value is -3.06. The van der Waals surface area contributed by atoms with Crippen molar-refractivity contribution in [1.82, 2.24) is 4.90 Å². The van der Waals surface area contributed by atoms with Gasteiger partial charge in [-0.25, -0.2) is 4.79 Å². The molecule has 1 aliphatic heterocycles. The lowest BCUT2D eigenvalue weighted by Gasteiger charge is -2.17. The van der Waals surface area contributed by atoms with Gasteiger partial charge in [-0.2, -0.15) is 0 Å². The molecule has 0 atom stereocenters. The first-order chi connectivity index (χ1) is 14.0. The van der Waals surface area contributed by atoms with E-state index in [4.69, 9.17) is 18.9 Å². The first-order valence-electron chi connectivity index (χ1n) is 9.22. The molecule has 1 heterocycles. The summed E-state index contributed by atoms with van der Waals surface area (Å²) in [6.45, 7) is 6.69. The van der Waals surface area contributed by atoms with Gasteiger partial charge in [0, 0.05) is 26.0 Å². The Morgan fingerprint density at radius 3 is 2.59 bits per heavy atom. The lowest BCUT2D eigenvalue weighted by molar-refractivity contribution is -0.136. The van der Waals surface area contributed by atoms with Gasteiger partial charge in [0.25, 0.3) is 5.91 Å². The molecule has 1 amide bonds. The highest BCUT2D eigenvalue weighted by molar-refractivity contribution is 6.16. The van der Waals surface area contributed by atoms with E-state index in [0.29, 0.717) is 48.9 Å². The Labute approximate surface area is 171 Å². The van der Waals surface area contributed by atoms with E-state index >= 15 is 0 Å². The number of rotatable bonds is 10. The van der Waals surface area contributed by atoms with Gasteiger partial charge in [0.15, 0.2) is 11.5 Å². The molecule has 0 unspecified atom stereocenters. The molecule has 2 rings (SSSR count). The molecule has 0 radical (unpaired) electrons. The van der Waals surface area contributed by atoms with Gasteiger partial charge in [0.2, 0.25) is 0 Å². The number of nitrogens with zero attached hydrogens (tertiary/aromatic N) is 1. The smallest absolute Gasteiger partial charge is 0.340 e. The summed E-state index contributed by atoms with van der Waals surface area (Å²) in [6.07, 6.45) is 3.96. The summed E-state index contributed by atoms with van der Waals surface area (Å²) in [5.41, 5.74) is 1.82. The Kier molecular flexibility index (Phi) is 8.03. The van der Waals surface area contributed by atoms with E-state index in [9.17, 15) is 9.59 Å². The van der Waals surface area contributed by atoms with E-state index in [-0.39, 0.29) is 17.1 Å². The molecule has 1 aliphatic rings. The zero-order valence-electron chi connectivity index (χ0n) is 17.3. The summed E-state index contributed by atoms with van der Waals surface area (Å²) >= 11 is 0. The fraction of sp³-hybridized carbons (Fsp3) is 0.364. The minimum absolute atomic E-state index is 0.245. The summed E-state index contributed by atoms with van der Waals surface area (Å²) < 4.78 is 20.9. The standard InChI is InChI=1S/C22H27NO6/c1-6-11-29-18-9-8-16(14-19(18)27-4)13-17-20(22(25)28-5)15(2)23(21(17)24)10-7-12-26-3/h6,8-9,13-14H,1,7,10-12H2,2-5H3/b17-13-. The second kappa shape index (κ2) is 10.5. The van der Waals surface area contributed by atoms with Gasteiger partial charge < -0.3 is 23.8 Å². The summed E-state index contributed by atoms with van der Waals surface area (Å²) in [6, 6.07) is 5.29. The minimum atomic E-state index is -0.547. The molecule has 0 saturated heterocycles. The molecule has 0 saturated carbocycles. The van der Waals surface area contributed by atoms with Crippen LogP contribution in [-0.2, 0) is 19.1 Å². The van der Waals surface area contributed by atoms with Crippen LogP contribution in [0.1, 0.15) is 18.9 Å². The minimum Gasteiger partial charge on any atom is -0.493 e. The van der Waals surface area contributed by atoms with Crippen LogP contribution in [0.25, 0.3) is 6.08 Å². The van der Waals surface area contributed by atoms with Crippen molar-refractivity contribution in [3.63, 3.8) is 0 Å². The molecule has 0 aliphatic carbocycles. The first-order valence-corrected chi connectivity index (χ1v) is 9.22. The van der Waals surface area contributed by atoms with E-state index in [1.54, 1.807) is 49.3 Å². The zero-order chi connectivity index (χ0) is 21.4. The first kappa shape index (κ1) is 22.2. The van der Waals surface area contributed by atoms with Gasteiger partial charge in [-0.1, -0.05) is 18.7 Å². The molecule has 0 spiro atoms. The molecule has 0 aromatic heterocycles. The van der Waals surface area contributed by atoms with Gasteiger partial charge in [-0.05, 0) is 37.1 Å². The Morgan fingerprint density at radius 2 is 1.97 bits per heavy atom. The second-order valence-electron chi connectivity index (χ2n) is 6.32. The molecule has 156 valence electrons. The maximum atomic E-state index is 13.0. The molecule has 29 heavy (non-hydrogen) atoms. The molecule has 1 aromatic rings. The third-order valence-electron chi connectivity index (χ3n) is 4.49. The molecule has 1 aromatic carbocycles. The van der Waals surface area contributed by atoms with E-state index < -0.39 is 5.97 Å². The topological polar surface area (TPSA) is 74.3 Å². The summed E-state index contributed by atoms with van der Waals surface area (Å²) in [4.78, 5) is 27.0. The zero-order valence-corrected chi connectivity index (χ0v) is 17.3. The number of carbonyl (C=O) groups excluding carboxylic acids is 2. The quantitative estimate of drug-likeness (QED) is 0.260. The van der Waals surface area contributed by atoms with Crippen LogP contribution in [0.5, 0.6) is 11.5 Å². The van der Waals surface area contributed by atoms with Crippen LogP contribution in [-0.4, -0.2) is 57.9 Å². The number of amides is 1. The summed E-state index contributed by atoms with van der Waals surface area (Å²) in [7, 11) is 4.44. The SMILES string of the molecule is C=CCOc1ccc(/C=C2\C(=O)N(CCCOC)C(C)=C2C(=O)OC)cc1OC. The average Bonchev–Trinajstić information content (AvgIpc) is 2.96. The molecule has 7 heteroatoms. The number of benzene rings is 1. The highest BCUT2D eigenvalue weighted by Gasteiger charge is 2.36. The van der Waals surface area contributed by atoms with E-state index in [1.165, 1.54) is 14.2 Å². The van der Waals surface area contributed by atoms with Crippen molar-refractivity contribution in [2.75, 3.05) is 41.1 Å². The summed E-state index contributed by atoms with van der Waals surface area (Å²) in [5.74, 6) is 0.288. The van der Waals surface area contributed by atoms with Crippen LogP contribution in [0, 0.1) is 0 Å². The van der Waals surface area contributed by atoms with E-state index in [0.717, 1.165) is 0 Å². The van der Waals surface area contributed by atoms with Gasteiger partial charge >= 0.3 is 5.97 Å². The van der Waals surface area contributed by atoms with Crippen molar-refractivity contribution < 1.29 is 28.5 Å². The normalized spacial score (nSPS) is 15.1. The lowest BCUT2D eigenvalue weighted by Crippen LogP contribution is -2.26.